The Morgan fingerprint density at radius 1 is 1.41 bits per heavy atom. The van der Waals surface area contributed by atoms with Crippen molar-refractivity contribution in [3.05, 3.63) is 47.8 Å². The van der Waals surface area contributed by atoms with E-state index in [0.29, 0.717) is 31.0 Å². The Balaban J connectivity index is 1.56. The number of aromatic nitrogens is 3. The number of H-pyrrole nitrogens is 1. The molecule has 0 spiro atoms. The van der Waals surface area contributed by atoms with Crippen LogP contribution in [0, 0.1) is 0 Å². The lowest BCUT2D eigenvalue weighted by Gasteiger charge is -2.18. The quantitative estimate of drug-likeness (QED) is 0.668. The SMILES string of the molecule is COC(=O)[C@H](Cc1c[nH]c2ccccc12)NC(=O)c1cnn2c1OCCC2. The summed E-state index contributed by atoms with van der Waals surface area (Å²) >= 11 is 0. The third-order valence-electron chi connectivity index (χ3n) is 4.68. The van der Waals surface area contributed by atoms with Gasteiger partial charge in [-0.1, -0.05) is 18.2 Å². The highest BCUT2D eigenvalue weighted by atomic mass is 16.5. The van der Waals surface area contributed by atoms with Gasteiger partial charge in [0.25, 0.3) is 5.91 Å². The van der Waals surface area contributed by atoms with Crippen molar-refractivity contribution in [3.63, 3.8) is 0 Å². The fourth-order valence-electron chi connectivity index (χ4n) is 3.32. The van der Waals surface area contributed by atoms with Crippen molar-refractivity contribution in [2.75, 3.05) is 13.7 Å². The molecule has 8 nitrogen and oxygen atoms in total. The van der Waals surface area contributed by atoms with Gasteiger partial charge in [0.1, 0.15) is 11.6 Å². The zero-order valence-corrected chi connectivity index (χ0v) is 14.9. The Bertz CT molecular complexity index is 991. The summed E-state index contributed by atoms with van der Waals surface area (Å²) in [5, 5.41) is 7.95. The molecule has 27 heavy (non-hydrogen) atoms. The highest BCUT2D eigenvalue weighted by Gasteiger charge is 2.27. The number of hydrogen-bond donors (Lipinski definition) is 2. The smallest absolute Gasteiger partial charge is 0.328 e. The number of benzene rings is 1. The van der Waals surface area contributed by atoms with Gasteiger partial charge in [0, 0.05) is 36.5 Å². The molecule has 0 bridgehead atoms. The summed E-state index contributed by atoms with van der Waals surface area (Å²) < 4.78 is 12.1. The van der Waals surface area contributed by atoms with Gasteiger partial charge in [-0.05, 0) is 11.6 Å². The van der Waals surface area contributed by atoms with Crippen LogP contribution in [0.4, 0.5) is 0 Å². The fraction of sp³-hybridized carbons (Fsp3) is 0.316. The van der Waals surface area contributed by atoms with E-state index < -0.39 is 17.9 Å². The Morgan fingerprint density at radius 3 is 3.11 bits per heavy atom. The van der Waals surface area contributed by atoms with Crippen LogP contribution >= 0.6 is 0 Å². The second-order valence-electron chi connectivity index (χ2n) is 6.40. The van der Waals surface area contributed by atoms with E-state index in [1.165, 1.54) is 13.3 Å². The molecule has 0 unspecified atom stereocenters. The standard InChI is InChI=1S/C19H20N4O4/c1-26-19(25)16(9-12-10-20-15-6-3-2-5-13(12)15)22-17(24)14-11-21-23-7-4-8-27-18(14)23/h2-3,5-6,10-11,16,20H,4,7-9H2,1H3,(H,22,24)/t16-/m0/s1. The molecular formula is C19H20N4O4. The predicted molar refractivity (Wildman–Crippen MR) is 97.6 cm³/mol. The molecule has 8 heteroatoms. The molecule has 0 aliphatic carbocycles. The van der Waals surface area contributed by atoms with E-state index in [9.17, 15) is 9.59 Å². The average molecular weight is 368 g/mol. The molecule has 2 aromatic heterocycles. The van der Waals surface area contributed by atoms with Crippen LogP contribution < -0.4 is 10.1 Å². The van der Waals surface area contributed by atoms with E-state index in [-0.39, 0.29) is 0 Å². The lowest BCUT2D eigenvalue weighted by molar-refractivity contribution is -0.142. The summed E-state index contributed by atoms with van der Waals surface area (Å²) in [6, 6.07) is 6.98. The number of carbonyl (C=O) groups is 2. The molecule has 1 aliphatic heterocycles. The van der Waals surface area contributed by atoms with Gasteiger partial charge in [0.15, 0.2) is 0 Å². The molecule has 0 radical (unpaired) electrons. The maximum atomic E-state index is 12.7. The minimum absolute atomic E-state index is 0.312. The van der Waals surface area contributed by atoms with Gasteiger partial charge in [-0.3, -0.25) is 4.79 Å². The first-order valence-corrected chi connectivity index (χ1v) is 8.79. The van der Waals surface area contributed by atoms with Crippen LogP contribution in [0.5, 0.6) is 5.88 Å². The molecule has 1 amide bonds. The fourth-order valence-corrected chi connectivity index (χ4v) is 3.32. The van der Waals surface area contributed by atoms with Crippen molar-refractivity contribution >= 4 is 22.8 Å². The maximum absolute atomic E-state index is 12.7. The van der Waals surface area contributed by atoms with Crippen molar-refractivity contribution in [3.8, 4) is 5.88 Å². The molecule has 0 fully saturated rings. The minimum atomic E-state index is -0.819. The number of aryl methyl sites for hydroxylation is 1. The number of nitrogens with one attached hydrogen (secondary N) is 2. The lowest BCUT2D eigenvalue weighted by Crippen LogP contribution is -2.43. The number of ether oxygens (including phenoxy) is 2. The van der Waals surface area contributed by atoms with Crippen molar-refractivity contribution in [2.45, 2.75) is 25.4 Å². The van der Waals surface area contributed by atoms with Gasteiger partial charge >= 0.3 is 5.97 Å². The second-order valence-corrected chi connectivity index (χ2v) is 6.40. The van der Waals surface area contributed by atoms with Crippen LogP contribution in [0.15, 0.2) is 36.7 Å². The van der Waals surface area contributed by atoms with Crippen molar-refractivity contribution in [2.24, 2.45) is 0 Å². The molecule has 1 atom stereocenters. The maximum Gasteiger partial charge on any atom is 0.328 e. The number of fused-ring (bicyclic) bond motifs is 2. The first-order chi connectivity index (χ1) is 13.2. The number of carbonyl (C=O) groups excluding carboxylic acids is 2. The molecule has 1 aliphatic rings. The number of rotatable bonds is 5. The summed E-state index contributed by atoms with van der Waals surface area (Å²) in [5.41, 5.74) is 2.22. The molecule has 3 aromatic rings. The third-order valence-corrected chi connectivity index (χ3v) is 4.68. The van der Waals surface area contributed by atoms with Gasteiger partial charge in [0.2, 0.25) is 5.88 Å². The molecule has 4 rings (SSSR count). The third kappa shape index (κ3) is 3.25. The number of methoxy groups -OCH3 is 1. The van der Waals surface area contributed by atoms with Crippen LogP contribution in [-0.2, 0) is 22.5 Å². The van der Waals surface area contributed by atoms with Gasteiger partial charge in [-0.25, -0.2) is 9.48 Å². The summed E-state index contributed by atoms with van der Waals surface area (Å²) in [4.78, 5) is 28.2. The summed E-state index contributed by atoms with van der Waals surface area (Å²) in [6.07, 6.45) is 4.47. The summed E-state index contributed by atoms with van der Waals surface area (Å²) in [5.74, 6) is -0.474. The normalized spacial score (nSPS) is 14.3. The van der Waals surface area contributed by atoms with Crippen LogP contribution in [-0.4, -0.2) is 46.4 Å². The van der Waals surface area contributed by atoms with Crippen LogP contribution in [0.3, 0.4) is 0 Å². The Kier molecular flexibility index (Phi) is 4.53. The topological polar surface area (TPSA) is 98.2 Å². The highest BCUT2D eigenvalue weighted by molar-refractivity contribution is 5.98. The Morgan fingerprint density at radius 2 is 2.26 bits per heavy atom. The van der Waals surface area contributed by atoms with Gasteiger partial charge in [-0.2, -0.15) is 5.10 Å². The van der Waals surface area contributed by atoms with Gasteiger partial charge in [-0.15, -0.1) is 0 Å². The molecule has 140 valence electrons. The molecule has 0 saturated carbocycles. The van der Waals surface area contributed by atoms with E-state index in [1.807, 2.05) is 30.5 Å². The van der Waals surface area contributed by atoms with Crippen molar-refractivity contribution < 1.29 is 19.1 Å². The first-order valence-electron chi connectivity index (χ1n) is 8.79. The van der Waals surface area contributed by atoms with Crippen molar-refractivity contribution in [1.29, 1.82) is 0 Å². The molecular weight excluding hydrogens is 348 g/mol. The average Bonchev–Trinajstić information content (AvgIpc) is 3.31. The van der Waals surface area contributed by atoms with Gasteiger partial charge in [0.05, 0.1) is 19.9 Å². The number of hydrogen-bond acceptors (Lipinski definition) is 5. The number of aromatic amines is 1. The minimum Gasteiger partial charge on any atom is -0.477 e. The lowest BCUT2D eigenvalue weighted by atomic mass is 10.0. The van der Waals surface area contributed by atoms with Crippen LogP contribution in [0.25, 0.3) is 10.9 Å². The monoisotopic (exact) mass is 368 g/mol. The first kappa shape index (κ1) is 17.1. The predicted octanol–water partition coefficient (Wildman–Crippen LogP) is 1.66. The molecule has 0 saturated heterocycles. The van der Waals surface area contributed by atoms with Gasteiger partial charge < -0.3 is 19.8 Å². The van der Waals surface area contributed by atoms with Crippen LogP contribution in [0.1, 0.15) is 22.3 Å². The summed E-state index contributed by atoms with van der Waals surface area (Å²) in [6.45, 7) is 1.25. The zero-order valence-electron chi connectivity index (χ0n) is 14.9. The number of esters is 1. The molecule has 1 aromatic carbocycles. The highest BCUT2D eigenvalue weighted by Crippen LogP contribution is 2.23. The summed E-state index contributed by atoms with van der Waals surface area (Å²) in [7, 11) is 1.31. The number of para-hydroxylation sites is 1. The van der Waals surface area contributed by atoms with Crippen molar-refractivity contribution in [1.82, 2.24) is 20.1 Å². The Hall–Kier alpha value is -3.29. The van der Waals surface area contributed by atoms with Crippen LogP contribution in [0.2, 0.25) is 0 Å². The van der Waals surface area contributed by atoms with E-state index >= 15 is 0 Å². The molecule has 3 heterocycles. The molecule has 2 N–H and O–H groups in total. The van der Waals surface area contributed by atoms with E-state index in [0.717, 1.165) is 22.9 Å². The van der Waals surface area contributed by atoms with E-state index in [1.54, 1.807) is 4.68 Å². The zero-order chi connectivity index (χ0) is 18.8. The number of nitrogens with zero attached hydrogens (tertiary/aromatic N) is 2. The second kappa shape index (κ2) is 7.14. The largest absolute Gasteiger partial charge is 0.477 e. The number of amides is 1. The van der Waals surface area contributed by atoms with E-state index in [4.69, 9.17) is 9.47 Å². The van der Waals surface area contributed by atoms with E-state index in [2.05, 4.69) is 15.4 Å². The Labute approximate surface area is 155 Å².